The lowest BCUT2D eigenvalue weighted by molar-refractivity contribution is 0.296. The predicted octanol–water partition coefficient (Wildman–Crippen LogP) is 2.73. The molecule has 0 amide bonds. The Labute approximate surface area is 103 Å². The molecule has 0 aliphatic carbocycles. The summed E-state index contributed by atoms with van der Waals surface area (Å²) in [4.78, 5) is 11.0. The van der Waals surface area contributed by atoms with Crippen molar-refractivity contribution in [2.24, 2.45) is 0 Å². The maximum Gasteiger partial charge on any atom is 0.128 e. The highest BCUT2D eigenvalue weighted by atomic mass is 32.2. The molecule has 2 aromatic rings. The van der Waals surface area contributed by atoms with Gasteiger partial charge in [-0.15, -0.1) is 23.1 Å². The van der Waals surface area contributed by atoms with Crippen LogP contribution in [0, 0.1) is 0 Å². The van der Waals surface area contributed by atoms with E-state index in [2.05, 4.69) is 23.0 Å². The quantitative estimate of drug-likeness (QED) is 0.506. The molecule has 0 spiro atoms. The van der Waals surface area contributed by atoms with Gasteiger partial charge in [-0.1, -0.05) is 6.92 Å². The van der Waals surface area contributed by atoms with E-state index in [4.69, 9.17) is 5.11 Å². The minimum atomic E-state index is 0.241. The van der Waals surface area contributed by atoms with Crippen molar-refractivity contribution in [1.82, 2.24) is 9.97 Å². The topological polar surface area (TPSA) is 46.0 Å². The molecule has 86 valence electrons. The number of hydrogen-bond acceptors (Lipinski definition) is 5. The summed E-state index contributed by atoms with van der Waals surface area (Å²) in [6, 6.07) is 2.18. The first-order valence-corrected chi connectivity index (χ1v) is 7.12. The average Bonchev–Trinajstić information content (AvgIpc) is 2.73. The molecule has 0 aromatic carbocycles. The Morgan fingerprint density at radius 1 is 1.44 bits per heavy atom. The number of hydrogen-bond donors (Lipinski definition) is 1. The van der Waals surface area contributed by atoms with Gasteiger partial charge in [0.1, 0.15) is 16.2 Å². The summed E-state index contributed by atoms with van der Waals surface area (Å²) in [5, 5.41) is 11.0. The summed E-state index contributed by atoms with van der Waals surface area (Å²) < 4.78 is 0. The second kappa shape index (κ2) is 5.61. The van der Waals surface area contributed by atoms with Crippen LogP contribution < -0.4 is 0 Å². The molecule has 0 fully saturated rings. The lowest BCUT2D eigenvalue weighted by Crippen LogP contribution is -1.88. The van der Waals surface area contributed by atoms with Crippen molar-refractivity contribution < 1.29 is 5.11 Å². The standard InChI is InChI=1S/C11H14N2OS2/c1-2-8-6-9-10(15-5-3-4-14)12-7-13-11(9)16-8/h6-7,14H,2-5H2,1H3. The molecule has 0 aliphatic heterocycles. The molecule has 0 aliphatic rings. The van der Waals surface area contributed by atoms with Gasteiger partial charge in [-0.25, -0.2) is 9.97 Å². The number of fused-ring (bicyclic) bond motifs is 1. The van der Waals surface area contributed by atoms with E-state index in [0.717, 1.165) is 33.8 Å². The molecular formula is C11H14N2OS2. The third-order valence-corrected chi connectivity index (χ3v) is 4.51. The van der Waals surface area contributed by atoms with Crippen LogP contribution in [0.1, 0.15) is 18.2 Å². The molecule has 2 rings (SSSR count). The van der Waals surface area contributed by atoms with Crippen LogP contribution in [0.2, 0.25) is 0 Å². The Hall–Kier alpha value is -0.650. The van der Waals surface area contributed by atoms with Crippen LogP contribution in [0.3, 0.4) is 0 Å². The summed E-state index contributed by atoms with van der Waals surface area (Å²) >= 11 is 3.43. The molecule has 0 radical (unpaired) electrons. The minimum absolute atomic E-state index is 0.241. The number of aliphatic hydroxyl groups is 1. The lowest BCUT2D eigenvalue weighted by Gasteiger charge is -1.99. The van der Waals surface area contributed by atoms with E-state index in [1.807, 2.05) is 0 Å². The van der Waals surface area contributed by atoms with Gasteiger partial charge in [-0.2, -0.15) is 0 Å². The zero-order chi connectivity index (χ0) is 11.4. The molecule has 0 atom stereocenters. The summed E-state index contributed by atoms with van der Waals surface area (Å²) in [5.41, 5.74) is 0. The average molecular weight is 254 g/mol. The number of nitrogens with zero attached hydrogens (tertiary/aromatic N) is 2. The van der Waals surface area contributed by atoms with Crippen LogP contribution in [-0.2, 0) is 6.42 Å². The second-order valence-corrected chi connectivity index (χ2v) is 5.59. The molecule has 1 N–H and O–H groups in total. The van der Waals surface area contributed by atoms with Crippen LogP contribution >= 0.6 is 23.1 Å². The van der Waals surface area contributed by atoms with Crippen LogP contribution in [0.15, 0.2) is 17.4 Å². The number of aromatic nitrogens is 2. The maximum atomic E-state index is 8.76. The van der Waals surface area contributed by atoms with Crippen LogP contribution in [0.5, 0.6) is 0 Å². The van der Waals surface area contributed by atoms with Gasteiger partial charge in [-0.3, -0.25) is 0 Å². The van der Waals surface area contributed by atoms with Crippen molar-refractivity contribution in [3.8, 4) is 0 Å². The Kier molecular flexibility index (Phi) is 4.15. The van der Waals surface area contributed by atoms with Gasteiger partial charge in [0.2, 0.25) is 0 Å². The third-order valence-electron chi connectivity index (χ3n) is 2.23. The van der Waals surface area contributed by atoms with Crippen molar-refractivity contribution in [1.29, 1.82) is 0 Å². The fourth-order valence-corrected chi connectivity index (χ4v) is 3.31. The van der Waals surface area contributed by atoms with E-state index < -0.39 is 0 Å². The normalized spacial score (nSPS) is 11.1. The predicted molar refractivity (Wildman–Crippen MR) is 69.2 cm³/mol. The Bertz CT molecular complexity index is 470. The highest BCUT2D eigenvalue weighted by Gasteiger charge is 2.07. The van der Waals surface area contributed by atoms with E-state index >= 15 is 0 Å². The van der Waals surface area contributed by atoms with Gasteiger partial charge >= 0.3 is 0 Å². The molecule has 0 saturated carbocycles. The number of rotatable bonds is 5. The number of thiophene rings is 1. The zero-order valence-electron chi connectivity index (χ0n) is 9.14. The van der Waals surface area contributed by atoms with E-state index in [1.54, 1.807) is 29.4 Å². The smallest absolute Gasteiger partial charge is 0.128 e. The minimum Gasteiger partial charge on any atom is -0.396 e. The molecule has 5 heteroatoms. The first-order valence-electron chi connectivity index (χ1n) is 5.32. The summed E-state index contributed by atoms with van der Waals surface area (Å²) in [6.45, 7) is 2.39. The monoisotopic (exact) mass is 254 g/mol. The molecule has 0 saturated heterocycles. The highest BCUT2D eigenvalue weighted by Crippen LogP contribution is 2.30. The van der Waals surface area contributed by atoms with Gasteiger partial charge in [0, 0.05) is 22.6 Å². The fraction of sp³-hybridized carbons (Fsp3) is 0.455. The van der Waals surface area contributed by atoms with Crippen molar-refractivity contribution in [3.63, 3.8) is 0 Å². The Morgan fingerprint density at radius 3 is 3.06 bits per heavy atom. The Morgan fingerprint density at radius 2 is 2.31 bits per heavy atom. The van der Waals surface area contributed by atoms with E-state index in [0.29, 0.717) is 0 Å². The molecule has 0 unspecified atom stereocenters. The van der Waals surface area contributed by atoms with E-state index in [9.17, 15) is 0 Å². The summed E-state index contributed by atoms with van der Waals surface area (Å²) in [6.07, 6.45) is 3.47. The van der Waals surface area contributed by atoms with Gasteiger partial charge in [0.15, 0.2) is 0 Å². The van der Waals surface area contributed by atoms with Gasteiger partial charge in [0.05, 0.1) is 0 Å². The van der Waals surface area contributed by atoms with Crippen LogP contribution in [0.4, 0.5) is 0 Å². The first kappa shape index (κ1) is 11.8. The first-order chi connectivity index (χ1) is 7.85. The fourth-order valence-electron chi connectivity index (χ4n) is 1.41. The second-order valence-electron chi connectivity index (χ2n) is 3.39. The molecule has 16 heavy (non-hydrogen) atoms. The summed E-state index contributed by atoms with van der Waals surface area (Å²) in [5.74, 6) is 0.903. The maximum absolute atomic E-state index is 8.76. The molecule has 0 bridgehead atoms. The molecule has 2 heterocycles. The van der Waals surface area contributed by atoms with Crippen molar-refractivity contribution in [2.75, 3.05) is 12.4 Å². The molecule has 2 aromatic heterocycles. The van der Waals surface area contributed by atoms with Crippen LogP contribution in [-0.4, -0.2) is 27.4 Å². The largest absolute Gasteiger partial charge is 0.396 e. The summed E-state index contributed by atoms with van der Waals surface area (Å²) in [7, 11) is 0. The third kappa shape index (κ3) is 2.53. The van der Waals surface area contributed by atoms with Gasteiger partial charge in [-0.05, 0) is 18.9 Å². The van der Waals surface area contributed by atoms with E-state index in [1.165, 1.54) is 4.88 Å². The number of aliphatic hydroxyl groups excluding tert-OH is 1. The highest BCUT2D eigenvalue weighted by molar-refractivity contribution is 7.99. The van der Waals surface area contributed by atoms with Crippen LogP contribution in [0.25, 0.3) is 10.2 Å². The van der Waals surface area contributed by atoms with Crippen molar-refractivity contribution in [2.45, 2.75) is 24.8 Å². The van der Waals surface area contributed by atoms with E-state index in [-0.39, 0.29) is 6.61 Å². The van der Waals surface area contributed by atoms with Gasteiger partial charge in [0.25, 0.3) is 0 Å². The molecule has 3 nitrogen and oxygen atoms in total. The molecular weight excluding hydrogens is 240 g/mol. The Balaban J connectivity index is 2.26. The SMILES string of the molecule is CCc1cc2c(SCCCO)ncnc2s1. The van der Waals surface area contributed by atoms with Crippen molar-refractivity contribution in [3.05, 3.63) is 17.3 Å². The number of aryl methyl sites for hydroxylation is 1. The van der Waals surface area contributed by atoms with Gasteiger partial charge < -0.3 is 5.11 Å². The number of thioether (sulfide) groups is 1. The van der Waals surface area contributed by atoms with Crippen molar-refractivity contribution >= 4 is 33.3 Å². The zero-order valence-corrected chi connectivity index (χ0v) is 10.8. The lowest BCUT2D eigenvalue weighted by atomic mass is 10.3.